The molecule has 1 aliphatic heterocycles. The van der Waals surface area contributed by atoms with Crippen LogP contribution in [0.3, 0.4) is 0 Å². The molecule has 0 bridgehead atoms. The highest BCUT2D eigenvalue weighted by Gasteiger charge is 2.26. The number of carbonyl (C=O) groups is 1. The first-order chi connectivity index (χ1) is 15.5. The lowest BCUT2D eigenvalue weighted by Crippen LogP contribution is -2.38. The molecule has 3 rings (SSSR count). The molecule has 0 saturated carbocycles. The van der Waals surface area contributed by atoms with E-state index in [1.54, 1.807) is 6.07 Å². The van der Waals surface area contributed by atoms with Gasteiger partial charge in [-0.15, -0.1) is 0 Å². The Kier molecular flexibility index (Phi) is 7.96. The fourth-order valence-electron chi connectivity index (χ4n) is 3.76. The van der Waals surface area contributed by atoms with Gasteiger partial charge in [-0.25, -0.2) is 0 Å². The Bertz CT molecular complexity index is 1060. The van der Waals surface area contributed by atoms with Crippen molar-refractivity contribution < 1.29 is 4.79 Å². The SMILES string of the molecule is C#[N+]/C=C(\C=C/CNC(C)C)c1cc(C(=O)N2CCC(c3ccc(C#N)cc3)CC2)[nH]n1. The number of carbonyl (C=O) groups excluding carboxylic acids is 1. The van der Waals surface area contributed by atoms with Gasteiger partial charge in [-0.1, -0.05) is 32.1 Å². The van der Waals surface area contributed by atoms with Gasteiger partial charge in [0.1, 0.15) is 11.4 Å². The number of nitrogens with one attached hydrogen (secondary N) is 2. The largest absolute Gasteiger partial charge is 0.337 e. The molecule has 0 aliphatic carbocycles. The van der Waals surface area contributed by atoms with Crippen LogP contribution in [-0.4, -0.2) is 46.7 Å². The van der Waals surface area contributed by atoms with E-state index < -0.39 is 0 Å². The molecule has 1 aromatic carbocycles. The molecule has 1 aliphatic rings. The van der Waals surface area contributed by atoms with Gasteiger partial charge in [-0.05, 0) is 53.4 Å². The Hall–Kier alpha value is -3.68. The predicted molar refractivity (Wildman–Crippen MR) is 126 cm³/mol. The number of amides is 1. The summed E-state index contributed by atoms with van der Waals surface area (Å²) < 4.78 is 0. The lowest BCUT2D eigenvalue weighted by molar-refractivity contribution is 0.0707. The maximum absolute atomic E-state index is 13.0. The maximum Gasteiger partial charge on any atom is 0.314 e. The third-order valence-electron chi connectivity index (χ3n) is 5.55. The molecule has 7 nitrogen and oxygen atoms in total. The highest BCUT2D eigenvalue weighted by atomic mass is 16.2. The molecule has 32 heavy (non-hydrogen) atoms. The van der Waals surface area contributed by atoms with E-state index in [4.69, 9.17) is 11.8 Å². The zero-order valence-corrected chi connectivity index (χ0v) is 18.6. The summed E-state index contributed by atoms with van der Waals surface area (Å²) >= 11 is 0. The summed E-state index contributed by atoms with van der Waals surface area (Å²) in [6, 6.07) is 12.0. The van der Waals surface area contributed by atoms with Crippen LogP contribution in [0.15, 0.2) is 48.7 Å². The van der Waals surface area contributed by atoms with Gasteiger partial charge in [0, 0.05) is 25.7 Å². The van der Waals surface area contributed by atoms with Crippen LogP contribution >= 0.6 is 0 Å². The van der Waals surface area contributed by atoms with Crippen molar-refractivity contribution in [1.29, 1.82) is 5.26 Å². The third-order valence-corrected chi connectivity index (χ3v) is 5.55. The lowest BCUT2D eigenvalue weighted by Gasteiger charge is -2.32. The highest BCUT2D eigenvalue weighted by Crippen LogP contribution is 2.29. The van der Waals surface area contributed by atoms with Gasteiger partial charge in [0.05, 0.1) is 17.2 Å². The first kappa shape index (κ1) is 23.0. The van der Waals surface area contributed by atoms with Gasteiger partial charge < -0.3 is 10.2 Å². The van der Waals surface area contributed by atoms with Crippen molar-refractivity contribution in [1.82, 2.24) is 20.4 Å². The third kappa shape index (κ3) is 5.94. The number of aromatic nitrogens is 2. The van der Waals surface area contributed by atoms with Crippen molar-refractivity contribution in [2.45, 2.75) is 38.6 Å². The Balaban J connectivity index is 1.61. The summed E-state index contributed by atoms with van der Waals surface area (Å²) in [6.45, 7) is 11.6. The molecular formula is C25H29N6O+. The minimum atomic E-state index is -0.0588. The van der Waals surface area contributed by atoms with E-state index in [2.05, 4.69) is 40.3 Å². The second kappa shape index (κ2) is 11.1. The van der Waals surface area contributed by atoms with E-state index in [0.29, 0.717) is 48.5 Å². The second-order valence-electron chi connectivity index (χ2n) is 8.17. The number of hydrogen-bond donors (Lipinski definition) is 2. The van der Waals surface area contributed by atoms with Gasteiger partial charge in [0.25, 0.3) is 12.5 Å². The summed E-state index contributed by atoms with van der Waals surface area (Å²) in [6.07, 6.45) is 7.17. The number of likely N-dealkylation sites (tertiary alicyclic amines) is 1. The van der Waals surface area contributed by atoms with Gasteiger partial charge in [-0.2, -0.15) is 10.4 Å². The van der Waals surface area contributed by atoms with Crippen LogP contribution in [0.4, 0.5) is 0 Å². The Morgan fingerprint density at radius 3 is 2.72 bits per heavy atom. The van der Waals surface area contributed by atoms with Crippen LogP contribution in [0.5, 0.6) is 0 Å². The van der Waals surface area contributed by atoms with Crippen LogP contribution in [0, 0.1) is 17.9 Å². The number of allylic oxidation sites excluding steroid dienone is 2. The van der Waals surface area contributed by atoms with Crippen molar-refractivity contribution in [3.8, 4) is 12.6 Å². The zero-order chi connectivity index (χ0) is 22.9. The molecule has 1 amide bonds. The molecule has 2 N–H and O–H groups in total. The summed E-state index contributed by atoms with van der Waals surface area (Å²) in [5, 5.41) is 19.4. The number of benzene rings is 1. The van der Waals surface area contributed by atoms with E-state index in [9.17, 15) is 4.79 Å². The van der Waals surface area contributed by atoms with Crippen LogP contribution in [0.2, 0.25) is 0 Å². The van der Waals surface area contributed by atoms with Crippen LogP contribution < -0.4 is 5.32 Å². The topological polar surface area (TPSA) is 89.2 Å². The second-order valence-corrected chi connectivity index (χ2v) is 8.17. The number of piperidine rings is 1. The van der Waals surface area contributed by atoms with Gasteiger partial charge in [0.2, 0.25) is 0 Å². The van der Waals surface area contributed by atoms with E-state index in [1.165, 1.54) is 11.8 Å². The minimum Gasteiger partial charge on any atom is -0.337 e. The molecular weight excluding hydrogens is 400 g/mol. The van der Waals surface area contributed by atoms with Crippen molar-refractivity contribution >= 4 is 11.5 Å². The fourth-order valence-corrected chi connectivity index (χ4v) is 3.76. The highest BCUT2D eigenvalue weighted by molar-refractivity contribution is 5.93. The predicted octanol–water partition coefficient (Wildman–Crippen LogP) is 4.16. The Labute approximate surface area is 189 Å². The smallest absolute Gasteiger partial charge is 0.314 e. The molecule has 2 aromatic rings. The van der Waals surface area contributed by atoms with E-state index in [-0.39, 0.29) is 5.91 Å². The maximum atomic E-state index is 13.0. The summed E-state index contributed by atoms with van der Waals surface area (Å²) in [5.74, 6) is 0.339. The molecule has 1 aromatic heterocycles. The van der Waals surface area contributed by atoms with Gasteiger partial charge >= 0.3 is 6.20 Å². The molecule has 0 unspecified atom stereocenters. The van der Waals surface area contributed by atoms with Crippen LogP contribution in [0.25, 0.3) is 10.4 Å². The first-order valence-electron chi connectivity index (χ1n) is 10.9. The number of aromatic amines is 1. The van der Waals surface area contributed by atoms with Gasteiger partial charge in [0.15, 0.2) is 0 Å². The standard InChI is InChI=1S/C25H28N6O/c1-18(2)28-12-4-5-22(17-27-3)23-15-24(30-29-23)25(32)31-13-10-21(11-14-31)20-8-6-19(16-26)7-9-20/h3-9,15,17-18,21,28H,10-14H2,1-2H3/p+1/b5-4-,22-17+. The monoisotopic (exact) mass is 429 g/mol. The lowest BCUT2D eigenvalue weighted by atomic mass is 9.89. The zero-order valence-electron chi connectivity index (χ0n) is 18.6. The van der Waals surface area contributed by atoms with E-state index in [1.807, 2.05) is 41.3 Å². The van der Waals surface area contributed by atoms with Crippen LogP contribution in [-0.2, 0) is 0 Å². The summed E-state index contributed by atoms with van der Waals surface area (Å²) in [7, 11) is 0. The number of H-pyrrole nitrogens is 1. The molecule has 2 heterocycles. The first-order valence-corrected chi connectivity index (χ1v) is 10.9. The van der Waals surface area contributed by atoms with E-state index in [0.717, 1.165) is 18.4 Å². The summed E-state index contributed by atoms with van der Waals surface area (Å²) in [4.78, 5) is 18.5. The van der Waals surface area contributed by atoms with Crippen molar-refractivity contribution in [2.75, 3.05) is 19.6 Å². The summed E-state index contributed by atoms with van der Waals surface area (Å²) in [5.41, 5.74) is 3.69. The number of rotatable bonds is 7. The average molecular weight is 430 g/mol. The molecule has 1 saturated heterocycles. The molecule has 0 radical (unpaired) electrons. The fraction of sp³-hybridized carbons (Fsp3) is 0.360. The van der Waals surface area contributed by atoms with Crippen LogP contribution in [0.1, 0.15) is 59.9 Å². The Morgan fingerprint density at radius 1 is 1.38 bits per heavy atom. The average Bonchev–Trinajstić information content (AvgIpc) is 3.31. The molecule has 0 spiro atoms. The molecule has 7 heteroatoms. The number of hydrogen-bond acceptors (Lipinski definition) is 4. The van der Waals surface area contributed by atoms with Crippen molar-refractivity contribution in [3.05, 3.63) is 76.0 Å². The molecule has 164 valence electrons. The van der Waals surface area contributed by atoms with E-state index >= 15 is 0 Å². The quantitative estimate of drug-likeness (QED) is 0.647. The number of nitriles is 1. The molecule has 0 atom stereocenters. The minimum absolute atomic E-state index is 0.0588. The normalized spacial score (nSPS) is 15.2. The Morgan fingerprint density at radius 2 is 2.09 bits per heavy atom. The molecule has 1 fully saturated rings. The van der Waals surface area contributed by atoms with Gasteiger partial charge in [-0.3, -0.25) is 9.89 Å². The number of nitrogens with zero attached hydrogens (tertiary/aromatic N) is 4. The van der Waals surface area contributed by atoms with Crippen molar-refractivity contribution in [2.24, 2.45) is 0 Å². The van der Waals surface area contributed by atoms with Crippen molar-refractivity contribution in [3.63, 3.8) is 0 Å².